The summed E-state index contributed by atoms with van der Waals surface area (Å²) in [5, 5.41) is 13.1. The van der Waals surface area contributed by atoms with Gasteiger partial charge in [-0.15, -0.1) is 0 Å². The van der Waals surface area contributed by atoms with Gasteiger partial charge in [0, 0.05) is 16.7 Å². The monoisotopic (exact) mass is 472 g/mol. The molecule has 35 heavy (non-hydrogen) atoms. The van der Waals surface area contributed by atoms with Crippen molar-refractivity contribution in [2.45, 2.75) is 26.2 Å². The van der Waals surface area contributed by atoms with Gasteiger partial charge < -0.3 is 21.1 Å². The predicted molar refractivity (Wildman–Crippen MR) is 136 cm³/mol. The zero-order valence-corrected chi connectivity index (χ0v) is 20.1. The van der Waals surface area contributed by atoms with E-state index in [2.05, 4.69) is 31.4 Å². The summed E-state index contributed by atoms with van der Waals surface area (Å²) in [5.74, 6) is -1.61. The van der Waals surface area contributed by atoms with E-state index in [1.54, 1.807) is 30.3 Å². The van der Waals surface area contributed by atoms with Crippen molar-refractivity contribution in [3.63, 3.8) is 0 Å². The summed E-state index contributed by atoms with van der Waals surface area (Å²) >= 11 is 0. The number of nitrogen functional groups attached to an aromatic ring is 1. The van der Waals surface area contributed by atoms with Crippen molar-refractivity contribution in [2.75, 3.05) is 17.7 Å². The summed E-state index contributed by atoms with van der Waals surface area (Å²) in [6, 6.07) is 18.0. The van der Waals surface area contributed by atoms with Gasteiger partial charge in [-0.05, 0) is 53.4 Å². The molecule has 3 aromatic carbocycles. The van der Waals surface area contributed by atoms with Gasteiger partial charge in [0.05, 0.1) is 24.0 Å². The Morgan fingerprint density at radius 2 is 1.34 bits per heavy atom. The van der Waals surface area contributed by atoms with Crippen molar-refractivity contribution < 1.29 is 19.1 Å². The molecule has 0 aliphatic heterocycles. The first kappa shape index (κ1) is 25.2. The lowest BCUT2D eigenvalue weighted by Gasteiger charge is -2.19. The third kappa shape index (κ3) is 6.11. The Hall–Kier alpha value is -4.46. The SMILES string of the molecule is COC(=O)c1ccc(NC(=O)c2cccc(C(=N)N)c2)c(NC(=O)c2ccc(C(C)(C)C)cc2)c1. The molecule has 0 radical (unpaired) electrons. The maximum Gasteiger partial charge on any atom is 0.337 e. The molecular weight excluding hydrogens is 444 g/mol. The van der Waals surface area contributed by atoms with Crippen LogP contribution in [0.1, 0.15) is 63.0 Å². The smallest absolute Gasteiger partial charge is 0.337 e. The van der Waals surface area contributed by atoms with Crippen molar-refractivity contribution in [2.24, 2.45) is 5.73 Å². The Bertz CT molecular complexity index is 1290. The van der Waals surface area contributed by atoms with E-state index < -0.39 is 17.8 Å². The Labute approximate surface area is 204 Å². The predicted octanol–water partition coefficient (Wildman–Crippen LogP) is 4.56. The molecule has 0 saturated heterocycles. The molecule has 0 bridgehead atoms. The largest absolute Gasteiger partial charge is 0.465 e. The molecule has 2 amide bonds. The number of hydrogen-bond acceptors (Lipinski definition) is 5. The normalized spacial score (nSPS) is 10.9. The molecule has 8 heteroatoms. The highest BCUT2D eigenvalue weighted by molar-refractivity contribution is 6.11. The van der Waals surface area contributed by atoms with Gasteiger partial charge in [-0.1, -0.05) is 45.0 Å². The third-order valence-corrected chi connectivity index (χ3v) is 5.39. The summed E-state index contributed by atoms with van der Waals surface area (Å²) in [4.78, 5) is 37.9. The molecule has 0 heterocycles. The summed E-state index contributed by atoms with van der Waals surface area (Å²) in [5.41, 5.74) is 8.40. The van der Waals surface area contributed by atoms with Gasteiger partial charge >= 0.3 is 5.97 Å². The van der Waals surface area contributed by atoms with Crippen molar-refractivity contribution in [3.05, 3.63) is 94.5 Å². The van der Waals surface area contributed by atoms with Crippen molar-refractivity contribution in [1.29, 1.82) is 5.41 Å². The minimum absolute atomic E-state index is 0.0546. The molecule has 0 aromatic heterocycles. The lowest BCUT2D eigenvalue weighted by molar-refractivity contribution is 0.0600. The number of carbonyl (C=O) groups excluding carboxylic acids is 3. The molecular formula is C27H28N4O4. The number of ether oxygens (including phenoxy) is 1. The Morgan fingerprint density at radius 3 is 1.94 bits per heavy atom. The van der Waals surface area contributed by atoms with Gasteiger partial charge in [-0.25, -0.2) is 4.79 Å². The minimum Gasteiger partial charge on any atom is -0.465 e. The quantitative estimate of drug-likeness (QED) is 0.237. The first-order chi connectivity index (χ1) is 16.5. The van der Waals surface area contributed by atoms with Crippen LogP contribution in [0.25, 0.3) is 0 Å². The molecule has 0 atom stereocenters. The number of carbonyl (C=O) groups is 3. The highest BCUT2D eigenvalue weighted by Gasteiger charge is 2.18. The Balaban J connectivity index is 1.91. The molecule has 0 unspecified atom stereocenters. The van der Waals surface area contributed by atoms with Crippen LogP contribution in [-0.2, 0) is 10.2 Å². The zero-order valence-electron chi connectivity index (χ0n) is 20.1. The van der Waals surface area contributed by atoms with Crippen LogP contribution in [0.5, 0.6) is 0 Å². The number of methoxy groups -OCH3 is 1. The fourth-order valence-corrected chi connectivity index (χ4v) is 3.34. The first-order valence-electron chi connectivity index (χ1n) is 10.9. The van der Waals surface area contributed by atoms with Crippen LogP contribution in [0.4, 0.5) is 11.4 Å². The van der Waals surface area contributed by atoms with E-state index in [0.29, 0.717) is 11.1 Å². The topological polar surface area (TPSA) is 134 Å². The number of nitrogens with one attached hydrogen (secondary N) is 3. The highest BCUT2D eigenvalue weighted by atomic mass is 16.5. The average Bonchev–Trinajstić information content (AvgIpc) is 2.84. The maximum absolute atomic E-state index is 13.0. The lowest BCUT2D eigenvalue weighted by Crippen LogP contribution is -2.19. The molecule has 0 saturated carbocycles. The summed E-state index contributed by atoms with van der Waals surface area (Å²) in [6.45, 7) is 6.25. The number of anilines is 2. The van der Waals surface area contributed by atoms with Crippen LogP contribution in [0.15, 0.2) is 66.7 Å². The second-order valence-electron chi connectivity index (χ2n) is 8.98. The second kappa shape index (κ2) is 10.2. The number of rotatable bonds is 6. The second-order valence-corrected chi connectivity index (χ2v) is 8.98. The number of amides is 2. The fourth-order valence-electron chi connectivity index (χ4n) is 3.34. The minimum atomic E-state index is -0.581. The van der Waals surface area contributed by atoms with Gasteiger partial charge in [-0.2, -0.15) is 0 Å². The standard InChI is InChI=1S/C27H28N4O4/c1-27(2,3)20-11-8-16(9-12-20)24(32)31-22-15-19(26(34)35-4)10-13-21(22)30-25(33)18-7-5-6-17(14-18)23(28)29/h5-15H,1-4H3,(H3,28,29)(H,30,33)(H,31,32). The number of amidine groups is 1. The molecule has 0 aliphatic rings. The van der Waals surface area contributed by atoms with E-state index in [0.717, 1.165) is 5.56 Å². The Morgan fingerprint density at radius 1 is 0.771 bits per heavy atom. The van der Waals surface area contributed by atoms with E-state index in [4.69, 9.17) is 15.9 Å². The average molecular weight is 473 g/mol. The van der Waals surface area contributed by atoms with Gasteiger partial charge in [-0.3, -0.25) is 15.0 Å². The van der Waals surface area contributed by atoms with Crippen molar-refractivity contribution in [1.82, 2.24) is 0 Å². The molecule has 3 aromatic rings. The van der Waals surface area contributed by atoms with E-state index in [1.165, 1.54) is 31.4 Å². The van der Waals surface area contributed by atoms with Crippen LogP contribution >= 0.6 is 0 Å². The van der Waals surface area contributed by atoms with Crippen LogP contribution in [-0.4, -0.2) is 30.7 Å². The van der Waals surface area contributed by atoms with Gasteiger partial charge in [0.15, 0.2) is 0 Å². The van der Waals surface area contributed by atoms with Gasteiger partial charge in [0.1, 0.15) is 5.84 Å². The first-order valence-corrected chi connectivity index (χ1v) is 10.9. The van der Waals surface area contributed by atoms with Crippen molar-refractivity contribution in [3.8, 4) is 0 Å². The van der Waals surface area contributed by atoms with Gasteiger partial charge in [0.25, 0.3) is 11.8 Å². The van der Waals surface area contributed by atoms with Crippen LogP contribution in [0, 0.1) is 5.41 Å². The highest BCUT2D eigenvalue weighted by Crippen LogP contribution is 2.26. The van der Waals surface area contributed by atoms with Gasteiger partial charge in [0.2, 0.25) is 0 Å². The molecule has 5 N–H and O–H groups in total. The Kier molecular flexibility index (Phi) is 7.34. The van der Waals surface area contributed by atoms with E-state index >= 15 is 0 Å². The van der Waals surface area contributed by atoms with E-state index in [1.807, 2.05) is 12.1 Å². The molecule has 0 aliphatic carbocycles. The number of esters is 1. The van der Waals surface area contributed by atoms with Crippen LogP contribution in [0.2, 0.25) is 0 Å². The number of nitrogens with two attached hydrogens (primary N) is 1. The zero-order chi connectivity index (χ0) is 25.8. The fraction of sp³-hybridized carbons (Fsp3) is 0.185. The van der Waals surface area contributed by atoms with Crippen LogP contribution in [0.3, 0.4) is 0 Å². The molecule has 3 rings (SSSR count). The molecule has 0 spiro atoms. The van der Waals surface area contributed by atoms with Crippen molar-refractivity contribution >= 4 is 35.0 Å². The molecule has 180 valence electrons. The summed E-state index contributed by atoms with van der Waals surface area (Å²) in [6.07, 6.45) is 0. The van der Waals surface area contributed by atoms with Crippen LogP contribution < -0.4 is 16.4 Å². The lowest BCUT2D eigenvalue weighted by atomic mass is 9.87. The summed E-state index contributed by atoms with van der Waals surface area (Å²) in [7, 11) is 1.26. The number of benzene rings is 3. The number of hydrogen-bond donors (Lipinski definition) is 4. The molecule has 8 nitrogen and oxygen atoms in total. The maximum atomic E-state index is 13.0. The molecule has 0 fully saturated rings. The van der Waals surface area contributed by atoms with E-state index in [9.17, 15) is 14.4 Å². The van der Waals surface area contributed by atoms with E-state index in [-0.39, 0.29) is 33.8 Å². The summed E-state index contributed by atoms with van der Waals surface area (Å²) < 4.78 is 4.78. The third-order valence-electron chi connectivity index (χ3n) is 5.39.